The lowest BCUT2D eigenvalue weighted by atomic mass is 10.1. The summed E-state index contributed by atoms with van der Waals surface area (Å²) in [5.41, 5.74) is 1.03. The molecule has 16 heavy (non-hydrogen) atoms. The number of benzene rings is 2. The molecule has 0 aliphatic carbocycles. The number of aromatic nitrogens is 2. The topological polar surface area (TPSA) is 28.7 Å². The molecule has 0 aliphatic rings. The smallest absolute Gasteiger partial charge is 0.137 e. The Labute approximate surface area is 99.9 Å². The van der Waals surface area contributed by atoms with E-state index in [9.17, 15) is 0 Å². The van der Waals surface area contributed by atoms with Gasteiger partial charge in [0, 0.05) is 5.39 Å². The number of nitrogens with one attached hydrogen (secondary N) is 1. The van der Waals surface area contributed by atoms with Crippen molar-refractivity contribution in [3.8, 4) is 0 Å². The first-order valence-electron chi connectivity index (χ1n) is 4.92. The molecular weight excluding hydrogens is 235 g/mol. The Bertz CT molecular complexity index is 749. The van der Waals surface area contributed by atoms with Crippen LogP contribution >= 0.6 is 21.5 Å². The molecule has 2 nitrogen and oxygen atoms in total. The van der Waals surface area contributed by atoms with E-state index in [0.717, 1.165) is 16.2 Å². The predicted molar refractivity (Wildman–Crippen MR) is 73.8 cm³/mol. The average molecular weight is 244 g/mol. The normalized spacial score (nSPS) is 11.1. The minimum atomic E-state index is 0.643. The number of hydrogen-bond acceptors (Lipinski definition) is 2. The molecule has 0 saturated heterocycles. The summed E-state index contributed by atoms with van der Waals surface area (Å²) in [5, 5.41) is 4.54. The van der Waals surface area contributed by atoms with Crippen molar-refractivity contribution in [3.05, 3.63) is 41.3 Å². The molecular formula is C12H9N2PS. The molecule has 3 rings (SSSR count). The van der Waals surface area contributed by atoms with Gasteiger partial charge < -0.3 is 4.98 Å². The third-order valence-corrected chi connectivity index (χ3v) is 3.61. The van der Waals surface area contributed by atoms with E-state index < -0.39 is 0 Å². The van der Waals surface area contributed by atoms with E-state index in [1.54, 1.807) is 6.33 Å². The maximum Gasteiger partial charge on any atom is 0.137 e. The largest absolute Gasteiger partial charge is 0.346 e. The Hall–Kier alpha value is -1.31. The number of nitrogens with zero attached hydrogens (tertiary/aromatic N) is 1. The molecule has 1 N–H and O–H groups in total. The Morgan fingerprint density at radius 3 is 2.94 bits per heavy atom. The summed E-state index contributed by atoms with van der Waals surface area (Å²) in [7, 11) is 2.77. The van der Waals surface area contributed by atoms with Crippen LogP contribution in [-0.4, -0.2) is 9.97 Å². The maximum atomic E-state index is 5.26. The second kappa shape index (κ2) is 3.62. The van der Waals surface area contributed by atoms with Crippen molar-refractivity contribution in [1.29, 1.82) is 0 Å². The lowest BCUT2D eigenvalue weighted by Crippen LogP contribution is -1.99. The van der Waals surface area contributed by atoms with Crippen molar-refractivity contribution in [2.45, 2.75) is 0 Å². The lowest BCUT2D eigenvalue weighted by Gasteiger charge is -2.06. The van der Waals surface area contributed by atoms with Gasteiger partial charge in [0.15, 0.2) is 0 Å². The molecule has 0 fully saturated rings. The van der Waals surface area contributed by atoms with Gasteiger partial charge in [-0.15, -0.1) is 9.24 Å². The van der Waals surface area contributed by atoms with Crippen molar-refractivity contribution >= 4 is 48.4 Å². The van der Waals surface area contributed by atoms with Crippen molar-refractivity contribution in [2.75, 3.05) is 0 Å². The summed E-state index contributed by atoms with van der Waals surface area (Å²) in [5.74, 6) is 0. The molecule has 0 bridgehead atoms. The average Bonchev–Trinajstić information content (AvgIpc) is 2.29. The van der Waals surface area contributed by atoms with Crippen LogP contribution in [0, 0.1) is 4.64 Å². The highest BCUT2D eigenvalue weighted by Crippen LogP contribution is 2.21. The van der Waals surface area contributed by atoms with Crippen LogP contribution in [0.4, 0.5) is 0 Å². The van der Waals surface area contributed by atoms with E-state index >= 15 is 0 Å². The highest BCUT2D eigenvalue weighted by atomic mass is 32.1. The monoisotopic (exact) mass is 244 g/mol. The van der Waals surface area contributed by atoms with Crippen molar-refractivity contribution in [3.63, 3.8) is 0 Å². The third-order valence-electron chi connectivity index (χ3n) is 2.71. The van der Waals surface area contributed by atoms with Gasteiger partial charge in [-0.1, -0.05) is 36.5 Å². The molecule has 1 atom stereocenters. The van der Waals surface area contributed by atoms with E-state index in [2.05, 4.69) is 37.4 Å². The van der Waals surface area contributed by atoms with Gasteiger partial charge in [-0.3, -0.25) is 0 Å². The number of H-pyrrole nitrogens is 1. The van der Waals surface area contributed by atoms with Crippen LogP contribution in [0.25, 0.3) is 21.7 Å². The molecule has 78 valence electrons. The minimum Gasteiger partial charge on any atom is -0.346 e. The fourth-order valence-corrected chi connectivity index (χ4v) is 2.88. The zero-order chi connectivity index (χ0) is 11.1. The fourth-order valence-electron chi connectivity index (χ4n) is 1.94. The summed E-state index contributed by atoms with van der Waals surface area (Å²) in [6.45, 7) is 0. The van der Waals surface area contributed by atoms with E-state index in [4.69, 9.17) is 12.2 Å². The Balaban J connectivity index is 2.67. The first-order valence-corrected chi connectivity index (χ1v) is 5.90. The van der Waals surface area contributed by atoms with Gasteiger partial charge >= 0.3 is 0 Å². The van der Waals surface area contributed by atoms with Gasteiger partial charge in [0.2, 0.25) is 0 Å². The molecule has 0 saturated carbocycles. The number of rotatable bonds is 0. The zero-order valence-corrected chi connectivity index (χ0v) is 10.4. The third kappa shape index (κ3) is 1.36. The first-order chi connectivity index (χ1) is 7.77. The molecule has 1 heterocycles. The van der Waals surface area contributed by atoms with E-state index in [1.165, 1.54) is 10.8 Å². The quantitative estimate of drug-likeness (QED) is 0.374. The molecule has 4 heteroatoms. The van der Waals surface area contributed by atoms with Gasteiger partial charge in [0.05, 0.1) is 11.8 Å². The van der Waals surface area contributed by atoms with Gasteiger partial charge in [0.25, 0.3) is 0 Å². The minimum absolute atomic E-state index is 0.643. The van der Waals surface area contributed by atoms with Crippen molar-refractivity contribution in [1.82, 2.24) is 9.97 Å². The Kier molecular flexibility index (Phi) is 2.23. The summed E-state index contributed by atoms with van der Waals surface area (Å²) in [4.78, 5) is 7.25. The summed E-state index contributed by atoms with van der Waals surface area (Å²) in [6, 6.07) is 10.4. The van der Waals surface area contributed by atoms with Crippen LogP contribution in [0.5, 0.6) is 0 Å². The second-order valence-electron chi connectivity index (χ2n) is 3.64. The van der Waals surface area contributed by atoms with Crippen molar-refractivity contribution < 1.29 is 0 Å². The molecule has 0 amide bonds. The zero-order valence-electron chi connectivity index (χ0n) is 8.40. The molecule has 0 aliphatic heterocycles. The highest BCUT2D eigenvalue weighted by molar-refractivity contribution is 7.71. The van der Waals surface area contributed by atoms with Crippen LogP contribution in [0.15, 0.2) is 36.7 Å². The first kappa shape index (κ1) is 9.88. The van der Waals surface area contributed by atoms with Gasteiger partial charge in [0.1, 0.15) is 4.64 Å². The van der Waals surface area contributed by atoms with Crippen LogP contribution in [0.3, 0.4) is 0 Å². The van der Waals surface area contributed by atoms with Gasteiger partial charge in [-0.05, 0) is 22.1 Å². The lowest BCUT2D eigenvalue weighted by molar-refractivity contribution is 1.21. The summed E-state index contributed by atoms with van der Waals surface area (Å²) in [6.07, 6.45) is 1.64. The van der Waals surface area contributed by atoms with Crippen LogP contribution < -0.4 is 5.30 Å². The maximum absolute atomic E-state index is 5.26. The highest BCUT2D eigenvalue weighted by Gasteiger charge is 2.05. The van der Waals surface area contributed by atoms with Gasteiger partial charge in [-0.25, -0.2) is 4.98 Å². The van der Waals surface area contributed by atoms with Gasteiger partial charge in [-0.2, -0.15) is 0 Å². The second-order valence-corrected chi connectivity index (χ2v) is 4.61. The molecule has 3 aromatic rings. The summed E-state index contributed by atoms with van der Waals surface area (Å²) >= 11 is 5.26. The van der Waals surface area contributed by atoms with E-state index in [0.29, 0.717) is 4.64 Å². The number of hydrogen-bond donors (Lipinski definition) is 1. The number of aromatic amines is 1. The molecule has 0 spiro atoms. The predicted octanol–water partition coefficient (Wildman–Crippen LogP) is 2.95. The molecule has 2 aromatic carbocycles. The Morgan fingerprint density at radius 1 is 1.25 bits per heavy atom. The molecule has 1 unspecified atom stereocenters. The summed E-state index contributed by atoms with van der Waals surface area (Å²) < 4.78 is 0.643. The van der Waals surface area contributed by atoms with E-state index in [1.807, 2.05) is 12.1 Å². The fraction of sp³-hybridized carbons (Fsp3) is 0. The number of fused-ring (bicyclic) bond motifs is 2. The Morgan fingerprint density at radius 2 is 2.06 bits per heavy atom. The SMILES string of the molecule is Pc1c2ccccc2cc2[nH]cnc(=S)c12. The van der Waals surface area contributed by atoms with Crippen LogP contribution in [0.1, 0.15) is 0 Å². The van der Waals surface area contributed by atoms with Crippen molar-refractivity contribution in [2.24, 2.45) is 0 Å². The molecule has 1 aromatic heterocycles. The molecule has 0 radical (unpaired) electrons. The van der Waals surface area contributed by atoms with Crippen LogP contribution in [-0.2, 0) is 0 Å². The van der Waals surface area contributed by atoms with E-state index in [-0.39, 0.29) is 0 Å². The standard InChI is InChI=1S/C12H9N2PS/c15-11-8-4-2-1-3-7(8)5-9-10(11)12(16)14-6-13-9/h1-6H,15H2,(H,13,14,16). The van der Waals surface area contributed by atoms with Crippen LogP contribution in [0.2, 0.25) is 0 Å².